The van der Waals surface area contributed by atoms with Crippen LogP contribution in [0.1, 0.15) is 45.8 Å². The van der Waals surface area contributed by atoms with E-state index in [4.69, 9.17) is 15.2 Å². The van der Waals surface area contributed by atoms with Crippen molar-refractivity contribution >= 4 is 35.4 Å². The van der Waals surface area contributed by atoms with Gasteiger partial charge in [-0.25, -0.2) is 4.79 Å². The Kier molecular flexibility index (Phi) is 10.3. The lowest BCUT2D eigenvalue weighted by Gasteiger charge is -2.25. The van der Waals surface area contributed by atoms with E-state index in [1.54, 1.807) is 29.2 Å². The summed E-state index contributed by atoms with van der Waals surface area (Å²) < 4.78 is 10.6. The van der Waals surface area contributed by atoms with Gasteiger partial charge in [-0.3, -0.25) is 14.5 Å². The molecule has 1 saturated heterocycles. The van der Waals surface area contributed by atoms with Crippen LogP contribution in [0.4, 0.5) is 10.5 Å². The van der Waals surface area contributed by atoms with Crippen LogP contribution in [0.25, 0.3) is 11.1 Å². The van der Waals surface area contributed by atoms with Crippen LogP contribution in [0, 0.1) is 0 Å². The second-order valence-electron chi connectivity index (χ2n) is 11.9. The van der Waals surface area contributed by atoms with Crippen molar-refractivity contribution in [3.05, 3.63) is 156 Å². The van der Waals surface area contributed by atoms with Gasteiger partial charge in [-0.05, 0) is 65.1 Å². The predicted molar refractivity (Wildman–Crippen MR) is 193 cm³/mol. The highest BCUT2D eigenvalue weighted by atomic mass is 32.2. The summed E-state index contributed by atoms with van der Waals surface area (Å²) in [5.74, 6) is -0.0264. The SMILES string of the molecule is C[C@]1(CCOC(=O)NCc2ccc(-c3ccccc3)cc2)S[C@@H](c2ccc(OCc3ccccc3)cc2)N(c2cccc(C(N)=O)c2)C1=O. The van der Waals surface area contributed by atoms with Gasteiger partial charge < -0.3 is 20.5 Å². The lowest BCUT2D eigenvalue weighted by atomic mass is 10.0. The maximum Gasteiger partial charge on any atom is 0.407 e. The molecule has 1 fully saturated rings. The Labute approximate surface area is 290 Å². The summed E-state index contributed by atoms with van der Waals surface area (Å²) in [6.07, 6.45) is -0.268. The minimum Gasteiger partial charge on any atom is -0.489 e. The zero-order valence-electron chi connectivity index (χ0n) is 27.1. The van der Waals surface area contributed by atoms with E-state index < -0.39 is 22.1 Å². The quantitative estimate of drug-likeness (QED) is 0.140. The first-order valence-corrected chi connectivity index (χ1v) is 16.9. The largest absolute Gasteiger partial charge is 0.489 e. The minimum absolute atomic E-state index is 0.0438. The predicted octanol–water partition coefficient (Wildman–Crippen LogP) is 7.89. The van der Waals surface area contributed by atoms with E-state index in [0.717, 1.165) is 27.8 Å². The first kappa shape index (κ1) is 33.4. The van der Waals surface area contributed by atoms with E-state index in [-0.39, 0.29) is 18.9 Å². The molecule has 0 saturated carbocycles. The molecule has 1 aliphatic heterocycles. The molecule has 0 aromatic heterocycles. The molecule has 1 heterocycles. The summed E-state index contributed by atoms with van der Waals surface area (Å²) in [6, 6.07) is 42.4. The van der Waals surface area contributed by atoms with Crippen molar-refractivity contribution in [1.82, 2.24) is 5.32 Å². The van der Waals surface area contributed by atoms with Gasteiger partial charge in [0.25, 0.3) is 0 Å². The third-order valence-electron chi connectivity index (χ3n) is 8.41. The highest BCUT2D eigenvalue weighted by Crippen LogP contribution is 2.52. The maximum absolute atomic E-state index is 14.1. The van der Waals surface area contributed by atoms with Gasteiger partial charge in [-0.2, -0.15) is 0 Å². The number of benzene rings is 5. The van der Waals surface area contributed by atoms with Gasteiger partial charge in [-0.15, -0.1) is 11.8 Å². The molecular weight excluding hydrogens is 635 g/mol. The molecule has 0 unspecified atom stereocenters. The molecule has 0 aliphatic carbocycles. The number of alkyl carbamates (subject to hydrolysis) is 1. The zero-order chi connectivity index (χ0) is 34.2. The molecule has 0 radical (unpaired) electrons. The molecule has 1 aliphatic rings. The molecule has 248 valence electrons. The summed E-state index contributed by atoms with van der Waals surface area (Å²) in [5.41, 5.74) is 11.6. The summed E-state index contributed by atoms with van der Waals surface area (Å²) in [6.45, 7) is 2.66. The molecule has 0 spiro atoms. The number of hydrogen-bond acceptors (Lipinski definition) is 6. The third kappa shape index (κ3) is 8.13. The molecular formula is C40H37N3O5S. The number of carbonyl (C=O) groups is 3. The fourth-order valence-electron chi connectivity index (χ4n) is 5.63. The monoisotopic (exact) mass is 671 g/mol. The summed E-state index contributed by atoms with van der Waals surface area (Å²) in [4.78, 5) is 40.5. The number of thioether (sulfide) groups is 1. The van der Waals surface area contributed by atoms with Gasteiger partial charge in [-0.1, -0.05) is 103 Å². The molecule has 6 rings (SSSR count). The number of rotatable bonds is 12. The zero-order valence-corrected chi connectivity index (χ0v) is 27.9. The Morgan fingerprint density at radius 3 is 2.18 bits per heavy atom. The first-order chi connectivity index (χ1) is 23.8. The Hall–Kier alpha value is -5.54. The third-order valence-corrected chi connectivity index (χ3v) is 10.0. The normalized spacial score (nSPS) is 17.0. The molecule has 5 aromatic rings. The molecule has 2 atom stereocenters. The number of nitrogens with one attached hydrogen (secondary N) is 1. The number of ether oxygens (including phenoxy) is 2. The average Bonchev–Trinajstić information content (AvgIpc) is 3.40. The van der Waals surface area contributed by atoms with Crippen LogP contribution < -0.4 is 20.7 Å². The van der Waals surface area contributed by atoms with Crippen molar-refractivity contribution in [2.45, 2.75) is 36.6 Å². The van der Waals surface area contributed by atoms with E-state index in [1.165, 1.54) is 11.8 Å². The highest BCUT2D eigenvalue weighted by Gasteiger charge is 2.50. The molecule has 9 heteroatoms. The number of carbonyl (C=O) groups excluding carboxylic acids is 3. The van der Waals surface area contributed by atoms with Crippen LogP contribution in [0.2, 0.25) is 0 Å². The van der Waals surface area contributed by atoms with E-state index in [1.807, 2.05) is 104 Å². The van der Waals surface area contributed by atoms with Crippen LogP contribution in [-0.2, 0) is 22.7 Å². The van der Waals surface area contributed by atoms with Crippen molar-refractivity contribution in [1.29, 1.82) is 0 Å². The van der Waals surface area contributed by atoms with E-state index in [9.17, 15) is 14.4 Å². The lowest BCUT2D eigenvalue weighted by molar-refractivity contribution is -0.120. The van der Waals surface area contributed by atoms with Crippen LogP contribution in [0.5, 0.6) is 5.75 Å². The Morgan fingerprint density at radius 2 is 1.49 bits per heavy atom. The highest BCUT2D eigenvalue weighted by molar-refractivity contribution is 8.02. The average molecular weight is 672 g/mol. The molecule has 8 nitrogen and oxygen atoms in total. The van der Waals surface area contributed by atoms with Crippen LogP contribution >= 0.6 is 11.8 Å². The molecule has 3 amide bonds. The van der Waals surface area contributed by atoms with Crippen molar-refractivity contribution < 1.29 is 23.9 Å². The lowest BCUT2D eigenvalue weighted by Crippen LogP contribution is -2.38. The van der Waals surface area contributed by atoms with E-state index in [0.29, 0.717) is 30.2 Å². The van der Waals surface area contributed by atoms with Crippen molar-refractivity contribution in [3.63, 3.8) is 0 Å². The number of amides is 3. The fraction of sp³-hybridized carbons (Fsp3) is 0.175. The first-order valence-electron chi connectivity index (χ1n) is 16.0. The van der Waals surface area contributed by atoms with Crippen LogP contribution in [0.3, 0.4) is 0 Å². The number of anilines is 1. The Morgan fingerprint density at radius 1 is 0.816 bits per heavy atom. The second-order valence-corrected chi connectivity index (χ2v) is 13.5. The number of hydrogen-bond donors (Lipinski definition) is 2. The topological polar surface area (TPSA) is 111 Å². The van der Waals surface area contributed by atoms with Gasteiger partial charge in [0.2, 0.25) is 11.8 Å². The molecule has 5 aromatic carbocycles. The van der Waals surface area contributed by atoms with E-state index in [2.05, 4.69) is 17.4 Å². The fourth-order valence-corrected chi connectivity index (χ4v) is 7.14. The smallest absolute Gasteiger partial charge is 0.407 e. The second kappa shape index (κ2) is 15.1. The van der Waals surface area contributed by atoms with E-state index >= 15 is 0 Å². The molecule has 0 bridgehead atoms. The van der Waals surface area contributed by atoms with Crippen molar-refractivity contribution in [2.24, 2.45) is 5.73 Å². The Balaban J connectivity index is 1.10. The summed E-state index contributed by atoms with van der Waals surface area (Å²) in [7, 11) is 0. The van der Waals surface area contributed by atoms with Gasteiger partial charge in [0, 0.05) is 24.2 Å². The van der Waals surface area contributed by atoms with Gasteiger partial charge in [0.15, 0.2) is 0 Å². The van der Waals surface area contributed by atoms with Gasteiger partial charge in [0.1, 0.15) is 17.7 Å². The van der Waals surface area contributed by atoms with Gasteiger partial charge >= 0.3 is 6.09 Å². The standard InChI is InChI=1S/C40H37N3O5S/c1-40(23-24-47-39(46)42-26-28-15-17-31(18-16-28)30-11-6-3-7-12-30)38(45)43(34-14-8-13-33(25-34)36(41)44)37(49-40)32-19-21-35(22-20-32)48-27-29-9-4-2-5-10-29/h2-22,25,37H,23-24,26-27H2,1H3,(H2,41,44)(H,42,46)/t37-,40+/m0/s1. The number of nitrogens with two attached hydrogens (primary N) is 1. The number of nitrogens with zero attached hydrogens (tertiary/aromatic N) is 1. The van der Waals surface area contributed by atoms with Crippen molar-refractivity contribution in [2.75, 3.05) is 11.5 Å². The molecule has 49 heavy (non-hydrogen) atoms. The molecule has 3 N–H and O–H groups in total. The minimum atomic E-state index is -0.913. The summed E-state index contributed by atoms with van der Waals surface area (Å²) in [5, 5.41) is 2.39. The Bertz CT molecular complexity index is 1900. The number of primary amides is 1. The van der Waals surface area contributed by atoms with Crippen molar-refractivity contribution in [3.8, 4) is 16.9 Å². The van der Waals surface area contributed by atoms with Crippen LogP contribution in [0.15, 0.2) is 133 Å². The summed E-state index contributed by atoms with van der Waals surface area (Å²) >= 11 is 1.48. The van der Waals surface area contributed by atoms with Gasteiger partial charge in [0.05, 0.1) is 11.4 Å². The maximum atomic E-state index is 14.1. The van der Waals surface area contributed by atoms with Crippen LogP contribution in [-0.4, -0.2) is 29.3 Å².